The highest BCUT2D eigenvalue weighted by Crippen LogP contribution is 2.47. The molecule has 0 radical (unpaired) electrons. The average Bonchev–Trinajstić information content (AvgIpc) is 2.74. The minimum atomic E-state index is -0.723. The molecule has 0 bridgehead atoms. The van der Waals surface area contributed by atoms with Crippen LogP contribution in [0.25, 0.3) is 0 Å². The van der Waals surface area contributed by atoms with Crippen LogP contribution in [0.15, 0.2) is 0 Å². The van der Waals surface area contributed by atoms with E-state index in [2.05, 4.69) is 0 Å². The molecule has 4 aliphatic rings. The summed E-state index contributed by atoms with van der Waals surface area (Å²) < 4.78 is 12.2. The Bertz CT molecular complexity index is 404. The standard InChI is InChI=1S/C15H24O6/c16-7-3-10(19)14-12(4-7)20-13-2-6-1-8(17)9(18)5-11(6)21-15(13)14/h6-19H,1-5H2. The van der Waals surface area contributed by atoms with Crippen LogP contribution >= 0.6 is 0 Å². The lowest BCUT2D eigenvalue weighted by Gasteiger charge is -2.45. The van der Waals surface area contributed by atoms with Crippen LogP contribution in [-0.2, 0) is 9.47 Å². The molecule has 10 unspecified atom stereocenters. The summed E-state index contributed by atoms with van der Waals surface area (Å²) in [7, 11) is 0. The van der Waals surface area contributed by atoms with Crippen LogP contribution in [0.5, 0.6) is 0 Å². The molecule has 120 valence electrons. The summed E-state index contributed by atoms with van der Waals surface area (Å²) in [5, 5.41) is 39.7. The van der Waals surface area contributed by atoms with Gasteiger partial charge in [0.15, 0.2) is 0 Å². The molecule has 6 nitrogen and oxygen atoms in total. The molecule has 0 aromatic rings. The zero-order valence-corrected chi connectivity index (χ0v) is 11.9. The number of hydrogen-bond acceptors (Lipinski definition) is 6. The smallest absolute Gasteiger partial charge is 0.0918 e. The first-order chi connectivity index (χ1) is 10.0. The lowest BCUT2D eigenvalue weighted by molar-refractivity contribution is -0.182. The van der Waals surface area contributed by atoms with E-state index in [0.29, 0.717) is 25.7 Å². The lowest BCUT2D eigenvalue weighted by Crippen LogP contribution is -2.53. The van der Waals surface area contributed by atoms with Crippen molar-refractivity contribution in [1.82, 2.24) is 0 Å². The Morgan fingerprint density at radius 3 is 2.19 bits per heavy atom. The molecule has 2 aliphatic carbocycles. The first kappa shape index (κ1) is 14.4. The van der Waals surface area contributed by atoms with Crippen molar-refractivity contribution in [2.75, 3.05) is 0 Å². The molecule has 0 amide bonds. The van der Waals surface area contributed by atoms with Crippen molar-refractivity contribution in [3.63, 3.8) is 0 Å². The third-order valence-corrected chi connectivity index (χ3v) is 5.84. The van der Waals surface area contributed by atoms with Gasteiger partial charge in [-0.15, -0.1) is 0 Å². The van der Waals surface area contributed by atoms with E-state index < -0.39 is 24.4 Å². The molecule has 10 atom stereocenters. The normalized spacial score (nSPS) is 60.0. The maximum absolute atomic E-state index is 10.3. The van der Waals surface area contributed by atoms with E-state index in [4.69, 9.17) is 9.47 Å². The van der Waals surface area contributed by atoms with E-state index in [0.717, 1.165) is 6.42 Å². The van der Waals surface area contributed by atoms with Gasteiger partial charge in [-0.25, -0.2) is 0 Å². The summed E-state index contributed by atoms with van der Waals surface area (Å²) in [5.74, 6) is 0.121. The highest BCUT2D eigenvalue weighted by molar-refractivity contribution is 5.04. The van der Waals surface area contributed by atoms with Gasteiger partial charge in [-0.2, -0.15) is 0 Å². The molecule has 2 saturated heterocycles. The molecule has 0 spiro atoms. The predicted molar refractivity (Wildman–Crippen MR) is 71.4 cm³/mol. The van der Waals surface area contributed by atoms with Crippen LogP contribution in [0.1, 0.15) is 32.1 Å². The van der Waals surface area contributed by atoms with Gasteiger partial charge in [-0.1, -0.05) is 0 Å². The van der Waals surface area contributed by atoms with E-state index in [-0.39, 0.29) is 36.3 Å². The van der Waals surface area contributed by atoms with E-state index in [1.165, 1.54) is 0 Å². The van der Waals surface area contributed by atoms with E-state index >= 15 is 0 Å². The van der Waals surface area contributed by atoms with Crippen LogP contribution in [0.4, 0.5) is 0 Å². The number of aliphatic hydroxyl groups excluding tert-OH is 4. The maximum Gasteiger partial charge on any atom is 0.0918 e. The van der Waals surface area contributed by atoms with Crippen molar-refractivity contribution in [2.45, 2.75) is 80.9 Å². The number of fused-ring (bicyclic) bond motifs is 4. The zero-order chi connectivity index (χ0) is 14.7. The Morgan fingerprint density at radius 1 is 0.619 bits per heavy atom. The third-order valence-electron chi connectivity index (χ3n) is 5.84. The van der Waals surface area contributed by atoms with Crippen LogP contribution in [0.2, 0.25) is 0 Å². The van der Waals surface area contributed by atoms with Crippen molar-refractivity contribution in [2.24, 2.45) is 11.8 Å². The molecule has 4 fully saturated rings. The predicted octanol–water partition coefficient (Wildman–Crippen LogP) is -0.825. The second kappa shape index (κ2) is 5.15. The van der Waals surface area contributed by atoms with Crippen LogP contribution < -0.4 is 0 Å². The second-order valence-corrected chi connectivity index (χ2v) is 7.22. The molecular weight excluding hydrogens is 276 g/mol. The average molecular weight is 300 g/mol. The van der Waals surface area contributed by atoms with Crippen molar-refractivity contribution < 1.29 is 29.9 Å². The van der Waals surface area contributed by atoms with Gasteiger partial charge in [0.2, 0.25) is 0 Å². The van der Waals surface area contributed by atoms with Gasteiger partial charge in [-0.3, -0.25) is 0 Å². The third kappa shape index (κ3) is 2.33. The maximum atomic E-state index is 10.3. The van der Waals surface area contributed by atoms with Crippen molar-refractivity contribution in [3.8, 4) is 0 Å². The number of ether oxygens (including phenoxy) is 2. The first-order valence-corrected chi connectivity index (χ1v) is 8.06. The minimum Gasteiger partial charge on any atom is -0.393 e. The Hall–Kier alpha value is -0.240. The SMILES string of the molecule is OC1CC(O)C2C(C1)OC1CC3CC(O)C(O)CC3OC12. The molecule has 6 heteroatoms. The highest BCUT2D eigenvalue weighted by atomic mass is 16.6. The summed E-state index contributed by atoms with van der Waals surface area (Å²) in [4.78, 5) is 0. The zero-order valence-electron chi connectivity index (χ0n) is 11.9. The molecule has 0 aromatic heterocycles. The largest absolute Gasteiger partial charge is 0.393 e. The molecule has 21 heavy (non-hydrogen) atoms. The Kier molecular flexibility index (Phi) is 3.52. The van der Waals surface area contributed by atoms with Crippen molar-refractivity contribution >= 4 is 0 Å². The van der Waals surface area contributed by atoms with E-state index in [9.17, 15) is 20.4 Å². The Balaban J connectivity index is 1.52. The first-order valence-electron chi connectivity index (χ1n) is 8.06. The van der Waals surface area contributed by atoms with Gasteiger partial charge >= 0.3 is 0 Å². The Morgan fingerprint density at radius 2 is 1.38 bits per heavy atom. The fourth-order valence-electron chi connectivity index (χ4n) is 4.82. The minimum absolute atomic E-state index is 0.0638. The fourth-order valence-corrected chi connectivity index (χ4v) is 4.82. The van der Waals surface area contributed by atoms with Gasteiger partial charge in [0.05, 0.1) is 48.8 Å². The van der Waals surface area contributed by atoms with Gasteiger partial charge in [-0.05, 0) is 25.2 Å². The number of hydrogen-bond donors (Lipinski definition) is 4. The molecule has 2 saturated carbocycles. The quantitative estimate of drug-likeness (QED) is 0.466. The van der Waals surface area contributed by atoms with Gasteiger partial charge in [0, 0.05) is 18.8 Å². The van der Waals surface area contributed by atoms with Crippen LogP contribution in [0, 0.1) is 11.8 Å². The molecule has 2 aliphatic heterocycles. The van der Waals surface area contributed by atoms with Crippen LogP contribution in [-0.4, -0.2) is 69.3 Å². The summed E-state index contributed by atoms with van der Waals surface area (Å²) in [6.07, 6.45) is -0.201. The molecule has 4 rings (SSSR count). The fraction of sp³-hybridized carbons (Fsp3) is 1.00. The summed E-state index contributed by atoms with van der Waals surface area (Å²) in [5.41, 5.74) is 0. The topological polar surface area (TPSA) is 99.4 Å². The highest BCUT2D eigenvalue weighted by Gasteiger charge is 2.56. The molecule has 0 aromatic carbocycles. The van der Waals surface area contributed by atoms with Gasteiger partial charge < -0.3 is 29.9 Å². The van der Waals surface area contributed by atoms with Gasteiger partial charge in [0.25, 0.3) is 0 Å². The van der Waals surface area contributed by atoms with Gasteiger partial charge in [0.1, 0.15) is 0 Å². The summed E-state index contributed by atoms with van der Waals surface area (Å²) in [6, 6.07) is 0. The summed E-state index contributed by atoms with van der Waals surface area (Å²) >= 11 is 0. The van der Waals surface area contributed by atoms with E-state index in [1.807, 2.05) is 0 Å². The monoisotopic (exact) mass is 300 g/mol. The summed E-state index contributed by atoms with van der Waals surface area (Å²) in [6.45, 7) is 0. The lowest BCUT2D eigenvalue weighted by atomic mass is 9.74. The molecule has 2 heterocycles. The molecule has 4 N–H and O–H groups in total. The molecular formula is C15H24O6. The van der Waals surface area contributed by atoms with Crippen molar-refractivity contribution in [3.05, 3.63) is 0 Å². The van der Waals surface area contributed by atoms with Crippen molar-refractivity contribution in [1.29, 1.82) is 0 Å². The van der Waals surface area contributed by atoms with Crippen LogP contribution in [0.3, 0.4) is 0 Å². The second-order valence-electron chi connectivity index (χ2n) is 7.22. The number of rotatable bonds is 0. The Labute approximate surface area is 123 Å². The number of aliphatic hydroxyl groups is 4. The van der Waals surface area contributed by atoms with E-state index in [1.54, 1.807) is 0 Å².